The van der Waals surface area contributed by atoms with Gasteiger partial charge in [0.2, 0.25) is 5.91 Å². The highest BCUT2D eigenvalue weighted by Crippen LogP contribution is 2.34. The lowest BCUT2D eigenvalue weighted by molar-refractivity contribution is -0.128. The molecule has 31 heavy (non-hydrogen) atoms. The van der Waals surface area contributed by atoms with Crippen molar-refractivity contribution in [1.82, 2.24) is 0 Å². The maximum Gasteiger partial charge on any atom is 0.266 e. The minimum Gasteiger partial charge on any atom is -0.497 e. The smallest absolute Gasteiger partial charge is 0.266 e. The second kappa shape index (κ2) is 8.79. The average molecular weight is 418 g/mol. The number of fused-ring (bicyclic) bond motifs is 1. The Bertz CT molecular complexity index is 1110. The lowest BCUT2D eigenvalue weighted by atomic mass is 10.0. The molecular formula is C24H22N2O5. The van der Waals surface area contributed by atoms with Crippen LogP contribution in [-0.2, 0) is 9.59 Å². The summed E-state index contributed by atoms with van der Waals surface area (Å²) in [5.41, 5.74) is 2.93. The highest BCUT2D eigenvalue weighted by atomic mass is 16.5. The quantitative estimate of drug-likeness (QED) is 0.630. The molecule has 4 rings (SSSR count). The van der Waals surface area contributed by atoms with E-state index in [0.717, 1.165) is 16.9 Å². The standard InChI is InChI=1S/C24H22N2O5/c1-29-17-10-7-15(8-11-17)18-13-16(9-12-20(18)30-2)25-23(27)14-22-24(28)26-19-5-3-4-6-21(19)31-22/h3-13,22H,14H2,1-2H3,(H,25,27)(H,26,28)/t22-/m0/s1. The van der Waals surface area contributed by atoms with Gasteiger partial charge < -0.3 is 24.8 Å². The summed E-state index contributed by atoms with van der Waals surface area (Å²) in [6.45, 7) is 0. The van der Waals surface area contributed by atoms with Crippen molar-refractivity contribution in [2.45, 2.75) is 12.5 Å². The van der Waals surface area contributed by atoms with Crippen LogP contribution in [0.3, 0.4) is 0 Å². The number of hydrogen-bond donors (Lipinski definition) is 2. The van der Waals surface area contributed by atoms with Gasteiger partial charge in [-0.1, -0.05) is 24.3 Å². The summed E-state index contributed by atoms with van der Waals surface area (Å²) < 4.78 is 16.4. The molecule has 0 saturated heterocycles. The topological polar surface area (TPSA) is 85.9 Å². The largest absolute Gasteiger partial charge is 0.497 e. The average Bonchev–Trinajstić information content (AvgIpc) is 2.79. The van der Waals surface area contributed by atoms with E-state index >= 15 is 0 Å². The zero-order chi connectivity index (χ0) is 21.8. The molecule has 7 heteroatoms. The van der Waals surface area contributed by atoms with E-state index in [-0.39, 0.29) is 18.2 Å². The van der Waals surface area contributed by atoms with Crippen LogP contribution in [0, 0.1) is 0 Å². The number of benzene rings is 3. The molecule has 0 bridgehead atoms. The molecule has 2 amide bonds. The third kappa shape index (κ3) is 4.45. The molecule has 3 aromatic carbocycles. The molecule has 0 unspecified atom stereocenters. The summed E-state index contributed by atoms with van der Waals surface area (Å²) in [6, 6.07) is 20.0. The van der Waals surface area contributed by atoms with Crippen molar-refractivity contribution in [1.29, 1.82) is 0 Å². The first kappa shape index (κ1) is 20.3. The summed E-state index contributed by atoms with van der Waals surface area (Å²) in [7, 11) is 3.21. The van der Waals surface area contributed by atoms with E-state index in [1.165, 1.54) is 0 Å². The molecule has 0 saturated carbocycles. The van der Waals surface area contributed by atoms with E-state index in [0.29, 0.717) is 22.9 Å². The number of carbonyl (C=O) groups is 2. The van der Waals surface area contributed by atoms with Gasteiger partial charge in [0, 0.05) is 11.3 Å². The zero-order valence-corrected chi connectivity index (χ0v) is 17.2. The van der Waals surface area contributed by atoms with Crippen molar-refractivity contribution >= 4 is 23.2 Å². The molecule has 0 spiro atoms. The fourth-order valence-electron chi connectivity index (χ4n) is 3.39. The number of anilines is 2. The number of carbonyl (C=O) groups excluding carboxylic acids is 2. The molecule has 1 aliphatic rings. The molecule has 1 atom stereocenters. The number of hydrogen-bond acceptors (Lipinski definition) is 5. The van der Waals surface area contributed by atoms with Crippen molar-refractivity contribution in [3.63, 3.8) is 0 Å². The van der Waals surface area contributed by atoms with Crippen LogP contribution in [0.1, 0.15) is 6.42 Å². The summed E-state index contributed by atoms with van der Waals surface area (Å²) in [6.07, 6.45) is -1.00. The van der Waals surface area contributed by atoms with Crippen LogP contribution in [0.5, 0.6) is 17.2 Å². The first-order valence-electron chi connectivity index (χ1n) is 9.76. The van der Waals surface area contributed by atoms with Gasteiger partial charge in [-0.05, 0) is 48.0 Å². The minimum absolute atomic E-state index is 0.107. The molecule has 3 aromatic rings. The number of nitrogens with one attached hydrogen (secondary N) is 2. The molecule has 1 aliphatic heterocycles. The Morgan fingerprint density at radius 2 is 1.81 bits per heavy atom. The second-order valence-electron chi connectivity index (χ2n) is 6.99. The maximum absolute atomic E-state index is 12.6. The second-order valence-corrected chi connectivity index (χ2v) is 6.99. The van der Waals surface area contributed by atoms with Gasteiger partial charge in [0.05, 0.1) is 26.3 Å². The molecule has 0 aliphatic carbocycles. The number of para-hydroxylation sites is 2. The first-order valence-corrected chi connectivity index (χ1v) is 9.76. The van der Waals surface area contributed by atoms with Crippen LogP contribution < -0.4 is 24.8 Å². The summed E-state index contributed by atoms with van der Waals surface area (Å²) in [5, 5.41) is 5.60. The molecular weight excluding hydrogens is 396 g/mol. The van der Waals surface area contributed by atoms with Crippen molar-refractivity contribution in [3.05, 3.63) is 66.7 Å². The number of ether oxygens (including phenoxy) is 3. The summed E-state index contributed by atoms with van der Waals surface area (Å²) in [5.74, 6) is 1.30. The Hall–Kier alpha value is -4.00. The Kier molecular flexibility index (Phi) is 5.75. The van der Waals surface area contributed by atoms with Crippen LogP contribution in [0.4, 0.5) is 11.4 Å². The Balaban J connectivity index is 1.49. The molecule has 0 radical (unpaired) electrons. The Morgan fingerprint density at radius 1 is 1.03 bits per heavy atom. The van der Waals surface area contributed by atoms with Gasteiger partial charge in [0.15, 0.2) is 6.10 Å². The van der Waals surface area contributed by atoms with Gasteiger partial charge in [-0.3, -0.25) is 9.59 Å². The zero-order valence-electron chi connectivity index (χ0n) is 17.2. The number of methoxy groups -OCH3 is 2. The Labute approximate surface area is 179 Å². The van der Waals surface area contributed by atoms with E-state index in [4.69, 9.17) is 14.2 Å². The van der Waals surface area contributed by atoms with Crippen LogP contribution >= 0.6 is 0 Å². The van der Waals surface area contributed by atoms with E-state index in [1.807, 2.05) is 36.4 Å². The normalized spacial score (nSPS) is 14.6. The van der Waals surface area contributed by atoms with Crippen LogP contribution in [0.25, 0.3) is 11.1 Å². The van der Waals surface area contributed by atoms with Crippen molar-refractivity contribution in [2.75, 3.05) is 24.9 Å². The third-order valence-electron chi connectivity index (χ3n) is 4.96. The van der Waals surface area contributed by atoms with E-state index in [2.05, 4.69) is 10.6 Å². The summed E-state index contributed by atoms with van der Waals surface area (Å²) in [4.78, 5) is 24.9. The highest BCUT2D eigenvalue weighted by Gasteiger charge is 2.29. The molecule has 7 nitrogen and oxygen atoms in total. The third-order valence-corrected chi connectivity index (χ3v) is 4.96. The van der Waals surface area contributed by atoms with Crippen LogP contribution in [-0.4, -0.2) is 32.1 Å². The maximum atomic E-state index is 12.6. The molecule has 0 fully saturated rings. The van der Waals surface area contributed by atoms with Gasteiger partial charge in [-0.2, -0.15) is 0 Å². The van der Waals surface area contributed by atoms with E-state index in [9.17, 15) is 9.59 Å². The van der Waals surface area contributed by atoms with Gasteiger partial charge in [0.1, 0.15) is 17.2 Å². The van der Waals surface area contributed by atoms with Gasteiger partial charge >= 0.3 is 0 Å². The van der Waals surface area contributed by atoms with E-state index in [1.54, 1.807) is 44.6 Å². The van der Waals surface area contributed by atoms with Crippen molar-refractivity contribution in [3.8, 4) is 28.4 Å². The molecule has 158 valence electrons. The SMILES string of the molecule is COc1ccc(-c2cc(NC(=O)C[C@@H]3Oc4ccccc4NC3=O)ccc2OC)cc1. The fraction of sp³-hybridized carbons (Fsp3) is 0.167. The number of amides is 2. The van der Waals surface area contributed by atoms with Gasteiger partial charge in [-0.25, -0.2) is 0 Å². The summed E-state index contributed by atoms with van der Waals surface area (Å²) >= 11 is 0. The van der Waals surface area contributed by atoms with Crippen LogP contribution in [0.2, 0.25) is 0 Å². The lowest BCUT2D eigenvalue weighted by Gasteiger charge is -2.25. The minimum atomic E-state index is -0.894. The molecule has 0 aromatic heterocycles. The van der Waals surface area contributed by atoms with E-state index < -0.39 is 6.10 Å². The van der Waals surface area contributed by atoms with Gasteiger partial charge in [-0.15, -0.1) is 0 Å². The predicted octanol–water partition coefficient (Wildman–Crippen LogP) is 4.10. The lowest BCUT2D eigenvalue weighted by Crippen LogP contribution is -2.39. The highest BCUT2D eigenvalue weighted by molar-refractivity contribution is 6.02. The first-order chi connectivity index (χ1) is 15.1. The van der Waals surface area contributed by atoms with Gasteiger partial charge in [0.25, 0.3) is 5.91 Å². The van der Waals surface area contributed by atoms with Crippen molar-refractivity contribution < 1.29 is 23.8 Å². The monoisotopic (exact) mass is 418 g/mol. The van der Waals surface area contributed by atoms with Crippen molar-refractivity contribution in [2.24, 2.45) is 0 Å². The molecule has 1 heterocycles. The van der Waals surface area contributed by atoms with Crippen LogP contribution in [0.15, 0.2) is 66.7 Å². The number of rotatable bonds is 6. The predicted molar refractivity (Wildman–Crippen MR) is 118 cm³/mol. The fourth-order valence-corrected chi connectivity index (χ4v) is 3.39. The molecule has 2 N–H and O–H groups in total. The Morgan fingerprint density at radius 3 is 2.55 bits per heavy atom.